The number of allylic oxidation sites excluding steroid dienone is 2. The number of carbonyl (C=O) groups is 2. The van der Waals surface area contributed by atoms with Gasteiger partial charge in [-0.1, -0.05) is 18.2 Å². The van der Waals surface area contributed by atoms with Gasteiger partial charge in [-0.05, 0) is 41.7 Å². The fourth-order valence-electron chi connectivity index (χ4n) is 4.85. The van der Waals surface area contributed by atoms with E-state index in [1.165, 1.54) is 11.3 Å². The Kier molecular flexibility index (Phi) is 2.12. The lowest BCUT2D eigenvalue weighted by Crippen LogP contribution is -2.40. The number of rotatable bonds is 2. The molecule has 1 aromatic heterocycles. The highest BCUT2D eigenvalue weighted by Gasteiger charge is 2.66. The van der Waals surface area contributed by atoms with Crippen LogP contribution >= 0.6 is 0 Å². The summed E-state index contributed by atoms with van der Waals surface area (Å²) in [5.74, 6) is 1.84. The Balaban J connectivity index is 1.49. The van der Waals surface area contributed by atoms with Crippen LogP contribution in [0.2, 0.25) is 0 Å². The van der Waals surface area contributed by atoms with Gasteiger partial charge in [0.15, 0.2) is 0 Å². The van der Waals surface area contributed by atoms with Crippen molar-refractivity contribution in [1.82, 2.24) is 9.88 Å². The standard InChI is InChI=1S/C17H16N2O2/c20-16-14-10-3-4-11(13-6-12(10)13)15(14)17(21)19(16)8-9-2-1-5-18-7-9/h1-5,7,10-15H,6,8H2/t10-,11-,12-,13+,14+,15+/m0/s1. The van der Waals surface area contributed by atoms with E-state index in [4.69, 9.17) is 0 Å². The normalized spacial score (nSPS) is 42.2. The molecule has 1 saturated heterocycles. The molecule has 0 spiro atoms. The van der Waals surface area contributed by atoms with Crippen LogP contribution in [0, 0.1) is 35.5 Å². The van der Waals surface area contributed by atoms with E-state index in [-0.39, 0.29) is 23.7 Å². The molecule has 5 aliphatic rings. The third-order valence-corrected chi connectivity index (χ3v) is 5.82. The van der Waals surface area contributed by atoms with Gasteiger partial charge in [0.1, 0.15) is 0 Å². The van der Waals surface area contributed by atoms with Gasteiger partial charge in [0.25, 0.3) is 0 Å². The van der Waals surface area contributed by atoms with Gasteiger partial charge in [-0.2, -0.15) is 0 Å². The first kappa shape index (κ1) is 11.7. The molecule has 0 aromatic carbocycles. The minimum atomic E-state index is -0.0899. The van der Waals surface area contributed by atoms with Gasteiger partial charge in [0, 0.05) is 12.4 Å². The highest BCUT2D eigenvalue weighted by molar-refractivity contribution is 6.06. The predicted molar refractivity (Wildman–Crippen MR) is 74.5 cm³/mol. The zero-order chi connectivity index (χ0) is 14.1. The van der Waals surface area contributed by atoms with Crippen molar-refractivity contribution >= 4 is 11.8 Å². The first-order valence-electron chi connectivity index (χ1n) is 7.68. The molecule has 3 fully saturated rings. The summed E-state index contributed by atoms with van der Waals surface area (Å²) in [5.41, 5.74) is 0.920. The average molecular weight is 280 g/mol. The van der Waals surface area contributed by atoms with Gasteiger partial charge >= 0.3 is 0 Å². The highest BCUT2D eigenvalue weighted by Crippen LogP contribution is 2.65. The van der Waals surface area contributed by atoms with Crippen molar-refractivity contribution in [2.45, 2.75) is 13.0 Å². The summed E-state index contributed by atoms with van der Waals surface area (Å²) in [7, 11) is 0. The van der Waals surface area contributed by atoms with Crippen LogP contribution in [0.25, 0.3) is 0 Å². The van der Waals surface area contributed by atoms with Gasteiger partial charge in [-0.3, -0.25) is 19.5 Å². The van der Waals surface area contributed by atoms with Gasteiger partial charge in [0.05, 0.1) is 18.4 Å². The second kappa shape index (κ2) is 3.81. The first-order valence-corrected chi connectivity index (χ1v) is 7.68. The van der Waals surface area contributed by atoms with E-state index in [1.807, 2.05) is 12.1 Å². The molecule has 4 heteroatoms. The Hall–Kier alpha value is -1.97. The summed E-state index contributed by atoms with van der Waals surface area (Å²) in [6, 6.07) is 3.76. The Bertz CT molecular complexity index is 633. The number of aromatic nitrogens is 1. The largest absolute Gasteiger partial charge is 0.278 e. The fourth-order valence-corrected chi connectivity index (χ4v) is 4.85. The molecule has 21 heavy (non-hydrogen) atoms. The molecule has 0 unspecified atom stereocenters. The van der Waals surface area contributed by atoms with E-state index in [0.717, 1.165) is 5.56 Å². The fraction of sp³-hybridized carbons (Fsp3) is 0.471. The molecule has 106 valence electrons. The van der Waals surface area contributed by atoms with E-state index < -0.39 is 0 Å². The molecular weight excluding hydrogens is 264 g/mol. The summed E-state index contributed by atoms with van der Waals surface area (Å²) in [4.78, 5) is 31.1. The summed E-state index contributed by atoms with van der Waals surface area (Å²) in [5, 5.41) is 0. The maximum Gasteiger partial charge on any atom is 0.234 e. The van der Waals surface area contributed by atoms with Crippen LogP contribution in [-0.4, -0.2) is 21.7 Å². The maximum absolute atomic E-state index is 12.8. The summed E-state index contributed by atoms with van der Waals surface area (Å²) >= 11 is 0. The lowest BCUT2D eigenvalue weighted by Gasteiger charge is -2.37. The second-order valence-corrected chi connectivity index (χ2v) is 6.78. The van der Waals surface area contributed by atoms with Crippen molar-refractivity contribution in [2.75, 3.05) is 0 Å². The molecule has 4 nitrogen and oxygen atoms in total. The molecule has 0 radical (unpaired) electrons. The minimum absolute atomic E-state index is 0.0403. The molecule has 2 saturated carbocycles. The van der Waals surface area contributed by atoms with Gasteiger partial charge in [0.2, 0.25) is 11.8 Å². The molecule has 6 rings (SSSR count). The first-order chi connectivity index (χ1) is 10.3. The molecule has 0 N–H and O–H groups in total. The zero-order valence-corrected chi connectivity index (χ0v) is 11.6. The van der Waals surface area contributed by atoms with E-state index in [1.54, 1.807) is 12.4 Å². The minimum Gasteiger partial charge on any atom is -0.278 e. The Morgan fingerprint density at radius 1 is 1.10 bits per heavy atom. The lowest BCUT2D eigenvalue weighted by molar-refractivity contribution is -0.140. The smallest absolute Gasteiger partial charge is 0.234 e. The maximum atomic E-state index is 12.8. The molecule has 1 aromatic rings. The van der Waals surface area contributed by atoms with Crippen LogP contribution in [0.1, 0.15) is 12.0 Å². The number of nitrogens with zero attached hydrogens (tertiary/aromatic N) is 2. The van der Waals surface area contributed by atoms with Crippen molar-refractivity contribution < 1.29 is 9.59 Å². The van der Waals surface area contributed by atoms with E-state index >= 15 is 0 Å². The number of likely N-dealkylation sites (tertiary alicyclic amines) is 1. The number of pyridine rings is 1. The Morgan fingerprint density at radius 3 is 2.33 bits per heavy atom. The highest BCUT2D eigenvalue weighted by atomic mass is 16.2. The third kappa shape index (κ3) is 1.42. The number of hydrogen-bond donors (Lipinski definition) is 0. The molecule has 2 bridgehead atoms. The number of imide groups is 1. The summed E-state index contributed by atoms with van der Waals surface area (Å²) < 4.78 is 0. The van der Waals surface area contributed by atoms with Crippen LogP contribution < -0.4 is 0 Å². The zero-order valence-electron chi connectivity index (χ0n) is 11.6. The number of amides is 2. The van der Waals surface area contributed by atoms with Crippen LogP contribution in [0.15, 0.2) is 36.7 Å². The summed E-state index contributed by atoms with van der Waals surface area (Å²) in [6.07, 6.45) is 9.05. The van der Waals surface area contributed by atoms with Gasteiger partial charge < -0.3 is 0 Å². The molecule has 2 heterocycles. The van der Waals surface area contributed by atoms with Crippen molar-refractivity contribution in [1.29, 1.82) is 0 Å². The van der Waals surface area contributed by atoms with Crippen LogP contribution in [0.3, 0.4) is 0 Å². The van der Waals surface area contributed by atoms with Crippen LogP contribution in [0.5, 0.6) is 0 Å². The Labute approximate surface area is 122 Å². The topological polar surface area (TPSA) is 50.3 Å². The average Bonchev–Trinajstić information content (AvgIpc) is 3.30. The summed E-state index contributed by atoms with van der Waals surface area (Å²) in [6.45, 7) is 0.368. The van der Waals surface area contributed by atoms with Crippen molar-refractivity contribution in [3.05, 3.63) is 42.2 Å². The van der Waals surface area contributed by atoms with Crippen molar-refractivity contribution in [3.63, 3.8) is 0 Å². The third-order valence-electron chi connectivity index (χ3n) is 5.82. The molecule has 1 aliphatic heterocycles. The number of carbonyl (C=O) groups excluding carboxylic acids is 2. The SMILES string of the molecule is O=C1[C@@H]2[C@H]3C=C[C@@H]([C@@H]4C[C@H]34)[C@H]2C(=O)N1Cc1cccnc1. The molecule has 6 atom stereocenters. The monoisotopic (exact) mass is 280 g/mol. The quantitative estimate of drug-likeness (QED) is 0.611. The van der Waals surface area contributed by atoms with Crippen LogP contribution in [-0.2, 0) is 16.1 Å². The van der Waals surface area contributed by atoms with Crippen molar-refractivity contribution in [3.8, 4) is 0 Å². The van der Waals surface area contributed by atoms with Crippen molar-refractivity contribution in [2.24, 2.45) is 35.5 Å². The van der Waals surface area contributed by atoms with E-state index in [0.29, 0.717) is 30.2 Å². The van der Waals surface area contributed by atoms with E-state index in [9.17, 15) is 9.59 Å². The molecule has 2 amide bonds. The predicted octanol–water partition coefficient (Wildman–Crippen LogP) is 1.63. The molecular formula is C17H16N2O2. The Morgan fingerprint density at radius 2 is 1.76 bits per heavy atom. The van der Waals surface area contributed by atoms with E-state index in [2.05, 4.69) is 17.1 Å². The molecule has 4 aliphatic carbocycles. The van der Waals surface area contributed by atoms with Gasteiger partial charge in [-0.25, -0.2) is 0 Å². The van der Waals surface area contributed by atoms with Crippen LogP contribution in [0.4, 0.5) is 0 Å². The number of hydrogen-bond acceptors (Lipinski definition) is 3. The van der Waals surface area contributed by atoms with Gasteiger partial charge in [-0.15, -0.1) is 0 Å². The second-order valence-electron chi connectivity index (χ2n) is 6.78. The lowest BCUT2D eigenvalue weighted by atomic mass is 9.63.